The number of esters is 1. The third-order valence-corrected chi connectivity index (χ3v) is 5.30. The summed E-state index contributed by atoms with van der Waals surface area (Å²) in [5, 5.41) is 0.654. The number of rotatable bonds is 6. The Morgan fingerprint density at radius 2 is 1.79 bits per heavy atom. The van der Waals surface area contributed by atoms with Crippen LogP contribution >= 0.6 is 11.3 Å². The highest BCUT2D eigenvalue weighted by atomic mass is 32.1. The number of carbonyl (C=O) groups excluding carboxylic acids is 1. The van der Waals surface area contributed by atoms with E-state index in [4.69, 9.17) is 9.47 Å². The van der Waals surface area contributed by atoms with E-state index >= 15 is 0 Å². The summed E-state index contributed by atoms with van der Waals surface area (Å²) < 4.78 is 48.6. The Kier molecular flexibility index (Phi) is 6.22. The number of alkyl halides is 3. The summed E-state index contributed by atoms with van der Waals surface area (Å²) in [5.74, 6) is -0.0507. The number of ether oxygens (including phenoxy) is 2. The van der Waals surface area contributed by atoms with Gasteiger partial charge in [0.2, 0.25) is 0 Å². The third kappa shape index (κ3) is 4.95. The topological polar surface area (TPSA) is 48.4 Å². The zero-order valence-corrected chi connectivity index (χ0v) is 16.6. The number of benzene rings is 2. The van der Waals surface area contributed by atoms with Crippen LogP contribution in [0.4, 0.5) is 13.2 Å². The molecule has 0 aliphatic heterocycles. The Hall–Kier alpha value is -2.87. The fourth-order valence-corrected chi connectivity index (χ4v) is 3.68. The van der Waals surface area contributed by atoms with Crippen molar-refractivity contribution in [1.82, 2.24) is 4.98 Å². The number of hydrogen-bond acceptors (Lipinski definition) is 5. The van der Waals surface area contributed by atoms with Crippen LogP contribution in [0.3, 0.4) is 0 Å². The minimum absolute atomic E-state index is 0.297. The molecule has 0 atom stereocenters. The average Bonchev–Trinajstić information content (AvgIpc) is 3.08. The van der Waals surface area contributed by atoms with E-state index in [0.717, 1.165) is 22.7 Å². The molecule has 0 aliphatic carbocycles. The van der Waals surface area contributed by atoms with Crippen molar-refractivity contribution in [2.75, 3.05) is 13.7 Å². The summed E-state index contributed by atoms with van der Waals surface area (Å²) >= 11 is 1.42. The van der Waals surface area contributed by atoms with Crippen molar-refractivity contribution in [2.45, 2.75) is 19.5 Å². The van der Waals surface area contributed by atoms with Crippen LogP contribution in [0.1, 0.15) is 26.5 Å². The van der Waals surface area contributed by atoms with Gasteiger partial charge in [0, 0.05) is 16.9 Å². The predicted octanol–water partition coefficient (Wildman–Crippen LogP) is 5.55. The largest absolute Gasteiger partial charge is 0.492 e. The van der Waals surface area contributed by atoms with Gasteiger partial charge in [0.15, 0.2) is 0 Å². The van der Waals surface area contributed by atoms with Crippen LogP contribution in [-0.4, -0.2) is 24.7 Å². The lowest BCUT2D eigenvalue weighted by Gasteiger charge is -2.09. The lowest BCUT2D eigenvalue weighted by molar-refractivity contribution is -0.137. The highest BCUT2D eigenvalue weighted by molar-refractivity contribution is 7.15. The fraction of sp³-hybridized carbons (Fsp3) is 0.238. The van der Waals surface area contributed by atoms with Gasteiger partial charge >= 0.3 is 12.1 Å². The minimum atomic E-state index is -4.36. The molecule has 0 unspecified atom stereocenters. The lowest BCUT2D eigenvalue weighted by Crippen LogP contribution is -2.08. The number of hydrogen-bond donors (Lipinski definition) is 0. The van der Waals surface area contributed by atoms with Crippen LogP contribution in [0.2, 0.25) is 0 Å². The molecule has 8 heteroatoms. The monoisotopic (exact) mass is 421 g/mol. The Balaban J connectivity index is 1.68. The minimum Gasteiger partial charge on any atom is -0.492 e. The number of aryl methyl sites for hydroxylation is 1. The molecule has 0 saturated heterocycles. The molecule has 0 saturated carbocycles. The molecule has 152 valence electrons. The highest BCUT2D eigenvalue weighted by Gasteiger charge is 2.30. The summed E-state index contributed by atoms with van der Waals surface area (Å²) in [6.45, 7) is 2.20. The second-order valence-corrected chi connectivity index (χ2v) is 7.39. The molecule has 1 aromatic heterocycles. The molecular weight excluding hydrogens is 403 g/mol. The van der Waals surface area contributed by atoms with E-state index in [1.54, 1.807) is 24.3 Å². The van der Waals surface area contributed by atoms with Crippen LogP contribution in [0.15, 0.2) is 48.5 Å². The standard InChI is InChI=1S/C21H18F3NO3S/c1-13-17(11-12-28-18-6-4-3-5-16(18)20(26)27-2)25-19(29-13)14-7-9-15(10-8-14)21(22,23)24/h3-10H,11-12H2,1-2H3. The molecule has 0 amide bonds. The first-order valence-electron chi connectivity index (χ1n) is 8.73. The van der Waals surface area contributed by atoms with Gasteiger partial charge in [-0.2, -0.15) is 13.2 Å². The van der Waals surface area contributed by atoms with Crippen molar-refractivity contribution in [3.05, 3.63) is 70.2 Å². The molecule has 0 N–H and O–H groups in total. The Bertz CT molecular complexity index is 997. The first kappa shape index (κ1) is 20.9. The molecule has 2 aromatic carbocycles. The van der Waals surface area contributed by atoms with Gasteiger partial charge in [-0.25, -0.2) is 9.78 Å². The summed E-state index contributed by atoms with van der Waals surface area (Å²) in [6, 6.07) is 11.8. The van der Waals surface area contributed by atoms with Gasteiger partial charge in [-0.1, -0.05) is 24.3 Å². The molecule has 0 aliphatic rings. The average molecular weight is 421 g/mol. The van der Waals surface area contributed by atoms with Gasteiger partial charge in [-0.05, 0) is 31.2 Å². The second kappa shape index (κ2) is 8.65. The van der Waals surface area contributed by atoms with Crippen molar-refractivity contribution < 1.29 is 27.4 Å². The number of para-hydroxylation sites is 1. The van der Waals surface area contributed by atoms with Crippen LogP contribution < -0.4 is 4.74 Å². The molecule has 4 nitrogen and oxygen atoms in total. The van der Waals surface area contributed by atoms with Gasteiger partial charge in [-0.15, -0.1) is 11.3 Å². The maximum atomic E-state index is 12.7. The highest BCUT2D eigenvalue weighted by Crippen LogP contribution is 2.33. The second-order valence-electron chi connectivity index (χ2n) is 6.18. The first-order chi connectivity index (χ1) is 13.8. The Labute approximate surface area is 169 Å². The van der Waals surface area contributed by atoms with Crippen LogP contribution in [0.25, 0.3) is 10.6 Å². The van der Waals surface area contributed by atoms with Crippen molar-refractivity contribution in [2.24, 2.45) is 0 Å². The first-order valence-corrected chi connectivity index (χ1v) is 9.55. The SMILES string of the molecule is COC(=O)c1ccccc1OCCc1nc(-c2ccc(C(F)(F)F)cc2)sc1C. The van der Waals surface area contributed by atoms with Gasteiger partial charge in [0.05, 0.1) is 25.0 Å². The lowest BCUT2D eigenvalue weighted by atomic mass is 10.1. The number of methoxy groups -OCH3 is 1. The summed E-state index contributed by atoms with van der Waals surface area (Å²) in [4.78, 5) is 17.3. The molecular formula is C21H18F3NO3S. The smallest absolute Gasteiger partial charge is 0.416 e. The number of aromatic nitrogens is 1. The molecule has 0 bridgehead atoms. The summed E-state index contributed by atoms with van der Waals surface area (Å²) in [6.07, 6.45) is -3.86. The fourth-order valence-electron chi connectivity index (χ4n) is 2.71. The summed E-state index contributed by atoms with van der Waals surface area (Å²) in [5.41, 5.74) is 1.10. The third-order valence-electron chi connectivity index (χ3n) is 4.24. The van der Waals surface area contributed by atoms with Gasteiger partial charge in [-0.3, -0.25) is 0 Å². The molecule has 1 heterocycles. The Morgan fingerprint density at radius 3 is 2.45 bits per heavy atom. The molecule has 3 aromatic rings. The van der Waals surface area contributed by atoms with Crippen LogP contribution in [0, 0.1) is 6.92 Å². The van der Waals surface area contributed by atoms with E-state index in [1.807, 2.05) is 6.92 Å². The van der Waals surface area contributed by atoms with Gasteiger partial charge < -0.3 is 9.47 Å². The zero-order valence-electron chi connectivity index (χ0n) is 15.7. The maximum Gasteiger partial charge on any atom is 0.416 e. The van der Waals surface area contributed by atoms with E-state index in [1.165, 1.54) is 30.6 Å². The van der Waals surface area contributed by atoms with E-state index in [9.17, 15) is 18.0 Å². The van der Waals surface area contributed by atoms with Gasteiger partial charge in [0.1, 0.15) is 16.3 Å². The van der Waals surface area contributed by atoms with E-state index < -0.39 is 17.7 Å². The van der Waals surface area contributed by atoms with Crippen molar-refractivity contribution in [3.8, 4) is 16.3 Å². The van der Waals surface area contributed by atoms with E-state index in [-0.39, 0.29) is 0 Å². The molecule has 29 heavy (non-hydrogen) atoms. The van der Waals surface area contributed by atoms with Crippen LogP contribution in [-0.2, 0) is 17.3 Å². The zero-order chi connectivity index (χ0) is 21.0. The normalized spacial score (nSPS) is 11.3. The number of halogens is 3. The van der Waals surface area contributed by atoms with Crippen molar-refractivity contribution >= 4 is 17.3 Å². The predicted molar refractivity (Wildman–Crippen MR) is 104 cm³/mol. The van der Waals surface area contributed by atoms with E-state index in [2.05, 4.69) is 4.98 Å². The molecule has 0 spiro atoms. The molecule has 0 fully saturated rings. The quantitative estimate of drug-likeness (QED) is 0.490. The van der Waals surface area contributed by atoms with Crippen molar-refractivity contribution in [3.63, 3.8) is 0 Å². The number of thiazole rings is 1. The van der Waals surface area contributed by atoms with Crippen molar-refractivity contribution in [1.29, 1.82) is 0 Å². The molecule has 0 radical (unpaired) electrons. The van der Waals surface area contributed by atoms with Crippen LogP contribution in [0.5, 0.6) is 5.75 Å². The summed E-state index contributed by atoms with van der Waals surface area (Å²) in [7, 11) is 1.31. The Morgan fingerprint density at radius 1 is 1.10 bits per heavy atom. The maximum absolute atomic E-state index is 12.7. The number of nitrogens with zero attached hydrogens (tertiary/aromatic N) is 1. The molecule has 3 rings (SSSR count). The number of carbonyl (C=O) groups is 1. The van der Waals surface area contributed by atoms with Gasteiger partial charge in [0.25, 0.3) is 0 Å². The van der Waals surface area contributed by atoms with E-state index in [0.29, 0.717) is 34.9 Å².